The fraction of sp³-hybridized carbons (Fsp3) is 0.467. The predicted octanol–water partition coefficient (Wildman–Crippen LogP) is 2.88. The van der Waals surface area contributed by atoms with Gasteiger partial charge in [-0.3, -0.25) is 4.90 Å². The standard InChI is InChI=1S/C15H20F2N2/c1-2-3-4-15(19-9-7-18-8-10-19)13-11-12(16)5-6-14(13)17/h2,5-6,11,15,18H,1,3-4,7-10H2/t15-/m0/s1. The molecule has 0 aromatic heterocycles. The van der Waals surface area contributed by atoms with Crippen LogP contribution in [0.2, 0.25) is 0 Å². The third-order valence-corrected chi connectivity index (χ3v) is 3.55. The molecule has 1 heterocycles. The van der Waals surface area contributed by atoms with Gasteiger partial charge >= 0.3 is 0 Å². The molecule has 1 N–H and O–H groups in total. The number of hydrogen-bond donors (Lipinski definition) is 1. The first-order valence-corrected chi connectivity index (χ1v) is 6.73. The van der Waals surface area contributed by atoms with Gasteiger partial charge in [-0.15, -0.1) is 6.58 Å². The van der Waals surface area contributed by atoms with Crippen LogP contribution in [-0.2, 0) is 0 Å². The molecule has 0 unspecified atom stereocenters. The second-order valence-electron chi connectivity index (χ2n) is 4.83. The Labute approximate surface area is 113 Å². The topological polar surface area (TPSA) is 15.3 Å². The summed E-state index contributed by atoms with van der Waals surface area (Å²) in [4.78, 5) is 2.22. The molecule has 19 heavy (non-hydrogen) atoms. The highest BCUT2D eigenvalue weighted by Gasteiger charge is 2.24. The Balaban J connectivity index is 2.24. The second kappa shape index (κ2) is 6.78. The van der Waals surface area contributed by atoms with Crippen LogP contribution in [0.15, 0.2) is 30.9 Å². The summed E-state index contributed by atoms with van der Waals surface area (Å²) in [6, 6.07) is 3.64. The Hall–Kier alpha value is -1.26. The van der Waals surface area contributed by atoms with Gasteiger partial charge in [0.25, 0.3) is 0 Å². The molecule has 0 radical (unpaired) electrons. The van der Waals surface area contributed by atoms with Crippen molar-refractivity contribution in [3.05, 3.63) is 48.1 Å². The lowest BCUT2D eigenvalue weighted by Crippen LogP contribution is -2.45. The zero-order valence-electron chi connectivity index (χ0n) is 11.0. The quantitative estimate of drug-likeness (QED) is 0.824. The summed E-state index contributed by atoms with van der Waals surface area (Å²) < 4.78 is 27.3. The van der Waals surface area contributed by atoms with Crippen molar-refractivity contribution >= 4 is 0 Å². The summed E-state index contributed by atoms with van der Waals surface area (Å²) in [5, 5.41) is 3.27. The molecule has 1 atom stereocenters. The van der Waals surface area contributed by atoms with Crippen molar-refractivity contribution in [1.29, 1.82) is 0 Å². The number of hydrogen-bond acceptors (Lipinski definition) is 2. The lowest BCUT2D eigenvalue weighted by atomic mass is 9.98. The predicted molar refractivity (Wildman–Crippen MR) is 73.0 cm³/mol. The van der Waals surface area contributed by atoms with Gasteiger partial charge in [0.05, 0.1) is 0 Å². The van der Waals surface area contributed by atoms with Gasteiger partial charge < -0.3 is 5.32 Å². The number of benzene rings is 1. The molecule has 2 nitrogen and oxygen atoms in total. The largest absolute Gasteiger partial charge is 0.314 e. The number of nitrogens with one attached hydrogen (secondary N) is 1. The first kappa shape index (κ1) is 14.2. The van der Waals surface area contributed by atoms with E-state index in [0.717, 1.165) is 39.0 Å². The maximum atomic E-state index is 14.0. The molecule has 1 aliphatic heterocycles. The molecule has 0 aliphatic carbocycles. The zero-order valence-corrected chi connectivity index (χ0v) is 11.0. The minimum absolute atomic E-state index is 0.0733. The Morgan fingerprint density at radius 2 is 2.05 bits per heavy atom. The number of halogens is 2. The number of piperazine rings is 1. The van der Waals surface area contributed by atoms with Crippen molar-refractivity contribution in [1.82, 2.24) is 10.2 Å². The molecule has 1 aliphatic rings. The Morgan fingerprint density at radius 3 is 2.74 bits per heavy atom. The van der Waals surface area contributed by atoms with E-state index in [4.69, 9.17) is 0 Å². The highest BCUT2D eigenvalue weighted by atomic mass is 19.1. The molecule has 1 aromatic carbocycles. The van der Waals surface area contributed by atoms with Crippen molar-refractivity contribution in [3.63, 3.8) is 0 Å². The van der Waals surface area contributed by atoms with Gasteiger partial charge in [0.1, 0.15) is 11.6 Å². The molecule has 1 saturated heterocycles. The number of rotatable bonds is 5. The van der Waals surface area contributed by atoms with Crippen LogP contribution in [-0.4, -0.2) is 31.1 Å². The average molecular weight is 266 g/mol. The van der Waals surface area contributed by atoms with E-state index in [1.807, 2.05) is 6.08 Å². The maximum absolute atomic E-state index is 14.0. The zero-order chi connectivity index (χ0) is 13.7. The fourth-order valence-electron chi connectivity index (χ4n) is 2.57. The van der Waals surface area contributed by atoms with Gasteiger partial charge in [-0.1, -0.05) is 6.08 Å². The van der Waals surface area contributed by atoms with Crippen LogP contribution in [0.25, 0.3) is 0 Å². The first-order chi connectivity index (χ1) is 9.22. The highest BCUT2D eigenvalue weighted by molar-refractivity contribution is 5.23. The average Bonchev–Trinajstić information content (AvgIpc) is 2.44. The molecule has 104 valence electrons. The second-order valence-corrected chi connectivity index (χ2v) is 4.83. The van der Waals surface area contributed by atoms with E-state index in [0.29, 0.717) is 5.56 Å². The Morgan fingerprint density at radius 1 is 1.32 bits per heavy atom. The van der Waals surface area contributed by atoms with E-state index < -0.39 is 0 Å². The van der Waals surface area contributed by atoms with Crippen molar-refractivity contribution in [3.8, 4) is 0 Å². The van der Waals surface area contributed by atoms with Crippen LogP contribution in [0.5, 0.6) is 0 Å². The van der Waals surface area contributed by atoms with Gasteiger partial charge in [-0.05, 0) is 31.0 Å². The van der Waals surface area contributed by atoms with Gasteiger partial charge in [0, 0.05) is 37.8 Å². The molecule has 1 fully saturated rings. The van der Waals surface area contributed by atoms with Gasteiger partial charge in [-0.25, -0.2) is 8.78 Å². The third-order valence-electron chi connectivity index (χ3n) is 3.55. The third kappa shape index (κ3) is 3.61. The highest BCUT2D eigenvalue weighted by Crippen LogP contribution is 2.28. The summed E-state index contributed by atoms with van der Waals surface area (Å²) >= 11 is 0. The summed E-state index contributed by atoms with van der Waals surface area (Å²) in [7, 11) is 0. The van der Waals surface area contributed by atoms with Crippen molar-refractivity contribution in [2.24, 2.45) is 0 Å². The summed E-state index contributed by atoms with van der Waals surface area (Å²) in [5.41, 5.74) is 0.462. The maximum Gasteiger partial charge on any atom is 0.128 e. The van der Waals surface area contributed by atoms with Crippen LogP contribution in [0.1, 0.15) is 24.4 Å². The van der Waals surface area contributed by atoms with Gasteiger partial charge in [-0.2, -0.15) is 0 Å². The number of allylic oxidation sites excluding steroid dienone is 1. The first-order valence-electron chi connectivity index (χ1n) is 6.73. The van der Waals surface area contributed by atoms with E-state index in [2.05, 4.69) is 16.8 Å². The molecule has 1 aromatic rings. The van der Waals surface area contributed by atoms with Gasteiger partial charge in [0.2, 0.25) is 0 Å². The minimum Gasteiger partial charge on any atom is -0.314 e. The van der Waals surface area contributed by atoms with Crippen molar-refractivity contribution in [2.75, 3.05) is 26.2 Å². The molecule has 0 bridgehead atoms. The van der Waals surface area contributed by atoms with E-state index in [9.17, 15) is 8.78 Å². The molecular weight excluding hydrogens is 246 g/mol. The normalized spacial score (nSPS) is 18.2. The van der Waals surface area contributed by atoms with Crippen LogP contribution >= 0.6 is 0 Å². The van der Waals surface area contributed by atoms with Crippen LogP contribution in [0, 0.1) is 11.6 Å². The summed E-state index contributed by atoms with van der Waals surface area (Å²) in [6.45, 7) is 7.21. The lowest BCUT2D eigenvalue weighted by molar-refractivity contribution is 0.162. The smallest absolute Gasteiger partial charge is 0.128 e. The van der Waals surface area contributed by atoms with Gasteiger partial charge in [0.15, 0.2) is 0 Å². The fourth-order valence-corrected chi connectivity index (χ4v) is 2.57. The molecule has 0 saturated carbocycles. The van der Waals surface area contributed by atoms with E-state index in [-0.39, 0.29) is 17.7 Å². The van der Waals surface area contributed by atoms with E-state index in [1.54, 1.807) is 0 Å². The molecule has 0 amide bonds. The van der Waals surface area contributed by atoms with Crippen molar-refractivity contribution in [2.45, 2.75) is 18.9 Å². The number of nitrogens with zero attached hydrogens (tertiary/aromatic N) is 1. The van der Waals surface area contributed by atoms with E-state index >= 15 is 0 Å². The Bertz CT molecular complexity index is 428. The molecule has 2 rings (SSSR count). The van der Waals surface area contributed by atoms with Crippen molar-refractivity contribution < 1.29 is 8.78 Å². The lowest BCUT2D eigenvalue weighted by Gasteiger charge is -2.35. The summed E-state index contributed by atoms with van der Waals surface area (Å²) in [5.74, 6) is -0.705. The monoisotopic (exact) mass is 266 g/mol. The van der Waals surface area contributed by atoms with Crippen LogP contribution in [0.4, 0.5) is 8.78 Å². The molecule has 0 spiro atoms. The van der Waals surface area contributed by atoms with Crippen LogP contribution < -0.4 is 5.32 Å². The Kier molecular flexibility index (Phi) is 5.05. The summed E-state index contributed by atoms with van der Waals surface area (Å²) in [6.07, 6.45) is 3.39. The van der Waals surface area contributed by atoms with Crippen LogP contribution in [0.3, 0.4) is 0 Å². The SMILES string of the molecule is C=CCC[C@@H](c1cc(F)ccc1F)N1CCNCC1. The molecule has 4 heteroatoms. The molecular formula is C15H20F2N2. The minimum atomic E-state index is -0.380. The van der Waals surface area contributed by atoms with E-state index in [1.165, 1.54) is 18.2 Å².